The van der Waals surface area contributed by atoms with E-state index >= 15 is 0 Å². The molecule has 33 heavy (non-hydrogen) atoms. The lowest BCUT2D eigenvalue weighted by Crippen LogP contribution is -2.21. The molecule has 0 aliphatic heterocycles. The fourth-order valence-corrected chi connectivity index (χ4v) is 3.61. The van der Waals surface area contributed by atoms with E-state index in [4.69, 9.17) is 19.7 Å². The van der Waals surface area contributed by atoms with Crippen LogP contribution in [-0.4, -0.2) is 42.1 Å². The summed E-state index contributed by atoms with van der Waals surface area (Å²) in [7, 11) is 0. The maximum Gasteiger partial charge on any atom is 0.330 e. The largest absolute Gasteiger partial charge is 0.494 e. The number of carbonyl (C=O) groups excluding carboxylic acids is 1. The third kappa shape index (κ3) is 17.3. The van der Waals surface area contributed by atoms with Crippen LogP contribution in [0.1, 0.15) is 102 Å². The van der Waals surface area contributed by atoms with Crippen molar-refractivity contribution in [3.8, 4) is 5.75 Å². The first-order valence-corrected chi connectivity index (χ1v) is 13.0. The average Bonchev–Trinajstić information content (AvgIpc) is 2.84. The average molecular weight is 463 g/mol. The zero-order valence-electron chi connectivity index (χ0n) is 20.7. The highest BCUT2D eigenvalue weighted by Crippen LogP contribution is 2.15. The monoisotopic (exact) mass is 462 g/mol. The summed E-state index contributed by atoms with van der Waals surface area (Å²) >= 11 is 0. The first-order chi connectivity index (χ1) is 16.2. The predicted molar refractivity (Wildman–Crippen MR) is 135 cm³/mol. The lowest BCUT2D eigenvalue weighted by Gasteiger charge is -2.07. The topological polar surface area (TPSA) is 76.0 Å². The van der Waals surface area contributed by atoms with E-state index in [9.17, 15) is 4.79 Å². The summed E-state index contributed by atoms with van der Waals surface area (Å²) in [6.07, 6.45) is 20.8. The highest BCUT2D eigenvalue weighted by atomic mass is 16.5. The molecule has 0 spiro atoms. The molecule has 0 saturated heterocycles. The van der Waals surface area contributed by atoms with Crippen LogP contribution < -0.4 is 4.74 Å². The Balaban J connectivity index is 1.98. The maximum absolute atomic E-state index is 11.5. The van der Waals surface area contributed by atoms with E-state index in [1.54, 1.807) is 6.08 Å². The minimum Gasteiger partial charge on any atom is -0.494 e. The van der Waals surface area contributed by atoms with Crippen LogP contribution in [0.3, 0.4) is 0 Å². The van der Waals surface area contributed by atoms with Crippen LogP contribution in [0.4, 0.5) is 0 Å². The molecule has 1 atom stereocenters. The van der Waals surface area contributed by atoms with Gasteiger partial charge in [0.1, 0.15) is 18.5 Å². The summed E-state index contributed by atoms with van der Waals surface area (Å²) < 4.78 is 10.6. The number of aliphatic hydroxyl groups excluding tert-OH is 2. The van der Waals surface area contributed by atoms with Crippen LogP contribution in [0.5, 0.6) is 5.75 Å². The molecule has 0 aliphatic carbocycles. The van der Waals surface area contributed by atoms with Gasteiger partial charge in [-0.2, -0.15) is 0 Å². The number of aliphatic hydroxyl groups is 2. The van der Waals surface area contributed by atoms with Gasteiger partial charge in [0.15, 0.2) is 0 Å². The number of benzene rings is 1. The van der Waals surface area contributed by atoms with Crippen molar-refractivity contribution in [3.63, 3.8) is 0 Å². The summed E-state index contributed by atoms with van der Waals surface area (Å²) in [5, 5.41) is 17.9. The Hall–Kier alpha value is -1.85. The second kappa shape index (κ2) is 20.7. The Morgan fingerprint density at radius 3 is 1.88 bits per heavy atom. The molecule has 5 heteroatoms. The molecular formula is C28H46O5. The summed E-state index contributed by atoms with van der Waals surface area (Å²) in [6, 6.07) is 7.55. The van der Waals surface area contributed by atoms with Crippen molar-refractivity contribution in [2.45, 2.75) is 103 Å². The number of rotatable bonds is 21. The number of hydrogen-bond donors (Lipinski definition) is 2. The highest BCUT2D eigenvalue weighted by molar-refractivity contribution is 5.87. The first kappa shape index (κ1) is 29.2. The SMILES string of the molecule is CCCCCCCCCCCCCCCCOc1ccc(/C=C/C(=O)OCC(O)CO)cc1. The van der Waals surface area contributed by atoms with Gasteiger partial charge >= 0.3 is 5.97 Å². The van der Waals surface area contributed by atoms with Gasteiger partial charge in [-0.1, -0.05) is 103 Å². The molecule has 2 N–H and O–H groups in total. The van der Waals surface area contributed by atoms with Crippen molar-refractivity contribution in [2.24, 2.45) is 0 Å². The van der Waals surface area contributed by atoms with E-state index in [1.165, 1.54) is 89.5 Å². The van der Waals surface area contributed by atoms with Crippen molar-refractivity contribution >= 4 is 12.0 Å². The smallest absolute Gasteiger partial charge is 0.330 e. The third-order valence-corrected chi connectivity index (χ3v) is 5.69. The van der Waals surface area contributed by atoms with Crippen LogP contribution in [0.15, 0.2) is 30.3 Å². The standard InChI is InChI=1S/C28H46O5/c1-2-3-4-5-6-7-8-9-10-11-12-13-14-15-22-32-27-19-16-25(17-20-27)18-21-28(31)33-24-26(30)23-29/h16-21,26,29-30H,2-15,22-24H2,1H3/b21-18+. The Bertz CT molecular complexity index is 611. The van der Waals surface area contributed by atoms with Crippen molar-refractivity contribution in [3.05, 3.63) is 35.9 Å². The Kier molecular flexibility index (Phi) is 18.3. The van der Waals surface area contributed by atoms with Gasteiger partial charge in [0.25, 0.3) is 0 Å². The molecule has 0 aromatic heterocycles. The van der Waals surface area contributed by atoms with Crippen LogP contribution in [0.25, 0.3) is 6.08 Å². The van der Waals surface area contributed by atoms with Gasteiger partial charge in [-0.15, -0.1) is 0 Å². The van der Waals surface area contributed by atoms with E-state index < -0.39 is 18.7 Å². The third-order valence-electron chi connectivity index (χ3n) is 5.69. The Morgan fingerprint density at radius 2 is 1.36 bits per heavy atom. The molecule has 0 saturated carbocycles. The molecule has 0 amide bonds. The summed E-state index contributed by atoms with van der Waals surface area (Å²) in [5.41, 5.74) is 0.860. The summed E-state index contributed by atoms with van der Waals surface area (Å²) in [5.74, 6) is 0.274. The number of ether oxygens (including phenoxy) is 2. The molecule has 0 aliphatic rings. The van der Waals surface area contributed by atoms with E-state index in [1.807, 2.05) is 24.3 Å². The molecule has 0 radical (unpaired) electrons. The van der Waals surface area contributed by atoms with Gasteiger partial charge in [-0.25, -0.2) is 4.79 Å². The number of esters is 1. The van der Waals surface area contributed by atoms with Gasteiger partial charge in [0.05, 0.1) is 13.2 Å². The molecule has 1 rings (SSSR count). The fraction of sp³-hybridized carbons (Fsp3) is 0.679. The number of carbonyl (C=O) groups is 1. The van der Waals surface area contributed by atoms with E-state index in [0.29, 0.717) is 0 Å². The van der Waals surface area contributed by atoms with E-state index in [2.05, 4.69) is 6.92 Å². The summed E-state index contributed by atoms with van der Waals surface area (Å²) in [4.78, 5) is 11.5. The zero-order chi connectivity index (χ0) is 24.0. The quantitative estimate of drug-likeness (QED) is 0.125. The molecule has 0 bridgehead atoms. The van der Waals surface area contributed by atoms with Crippen LogP contribution in [-0.2, 0) is 9.53 Å². The number of unbranched alkanes of at least 4 members (excludes halogenated alkanes) is 13. The van der Waals surface area contributed by atoms with Gasteiger partial charge in [0.2, 0.25) is 0 Å². The predicted octanol–water partition coefficient (Wildman–Crippen LogP) is 6.46. The number of hydrogen-bond acceptors (Lipinski definition) is 5. The molecule has 0 fully saturated rings. The van der Waals surface area contributed by atoms with Crippen LogP contribution in [0.2, 0.25) is 0 Å². The lowest BCUT2D eigenvalue weighted by atomic mass is 10.0. The maximum atomic E-state index is 11.5. The van der Waals surface area contributed by atoms with Crippen molar-refractivity contribution < 1.29 is 24.5 Å². The van der Waals surface area contributed by atoms with Crippen LogP contribution >= 0.6 is 0 Å². The van der Waals surface area contributed by atoms with E-state index in [-0.39, 0.29) is 6.61 Å². The normalized spacial score (nSPS) is 12.2. The Morgan fingerprint density at radius 1 is 0.848 bits per heavy atom. The van der Waals surface area contributed by atoms with Crippen molar-refractivity contribution in [1.82, 2.24) is 0 Å². The second-order valence-corrected chi connectivity index (χ2v) is 8.81. The second-order valence-electron chi connectivity index (χ2n) is 8.81. The fourth-order valence-electron chi connectivity index (χ4n) is 3.61. The van der Waals surface area contributed by atoms with Gasteiger partial charge in [0, 0.05) is 6.08 Å². The van der Waals surface area contributed by atoms with Gasteiger partial charge in [-0.3, -0.25) is 0 Å². The molecule has 188 valence electrons. The molecule has 0 heterocycles. The van der Waals surface area contributed by atoms with Gasteiger partial charge < -0.3 is 19.7 Å². The minimum absolute atomic E-state index is 0.217. The lowest BCUT2D eigenvalue weighted by molar-refractivity contribution is -0.141. The molecule has 5 nitrogen and oxygen atoms in total. The van der Waals surface area contributed by atoms with Gasteiger partial charge in [-0.05, 0) is 30.2 Å². The summed E-state index contributed by atoms with van der Waals surface area (Å²) in [6.45, 7) is 2.35. The highest BCUT2D eigenvalue weighted by Gasteiger charge is 2.04. The molecular weight excluding hydrogens is 416 g/mol. The molecule has 1 aromatic carbocycles. The molecule has 1 aromatic rings. The minimum atomic E-state index is -1.04. The zero-order valence-corrected chi connectivity index (χ0v) is 20.7. The van der Waals surface area contributed by atoms with E-state index in [0.717, 1.165) is 24.3 Å². The van der Waals surface area contributed by atoms with Crippen molar-refractivity contribution in [1.29, 1.82) is 0 Å². The van der Waals surface area contributed by atoms with Crippen LogP contribution in [0, 0.1) is 0 Å². The molecule has 1 unspecified atom stereocenters. The Labute approximate surface area is 201 Å². The first-order valence-electron chi connectivity index (χ1n) is 13.0. The van der Waals surface area contributed by atoms with Crippen molar-refractivity contribution in [2.75, 3.05) is 19.8 Å².